The first-order valence-corrected chi connectivity index (χ1v) is 5.45. The summed E-state index contributed by atoms with van der Waals surface area (Å²) in [4.78, 5) is 0. The molecule has 1 aliphatic carbocycles. The molecule has 1 aliphatic rings. The molecule has 74 valence electrons. The third-order valence-corrected chi connectivity index (χ3v) is 3.46. The average Bonchev–Trinajstić information content (AvgIpc) is 2.47. The SMILES string of the molecule is C=C(C)C(=C)CCC1CCCC1C. The van der Waals surface area contributed by atoms with Crippen molar-refractivity contribution in [2.45, 2.75) is 46.0 Å². The second-order valence-corrected chi connectivity index (χ2v) is 4.59. The molecule has 1 rings (SSSR count). The maximum atomic E-state index is 4.04. The molecular formula is C13H22. The van der Waals surface area contributed by atoms with Gasteiger partial charge in [0.25, 0.3) is 0 Å². The van der Waals surface area contributed by atoms with Gasteiger partial charge < -0.3 is 0 Å². The van der Waals surface area contributed by atoms with Crippen LogP contribution in [-0.4, -0.2) is 0 Å². The smallest absolute Gasteiger partial charge is 0.0280 e. The predicted octanol–water partition coefficient (Wildman–Crippen LogP) is 4.34. The average molecular weight is 178 g/mol. The molecular weight excluding hydrogens is 156 g/mol. The van der Waals surface area contributed by atoms with Crippen molar-refractivity contribution in [1.82, 2.24) is 0 Å². The second-order valence-electron chi connectivity index (χ2n) is 4.59. The Morgan fingerprint density at radius 2 is 2.00 bits per heavy atom. The quantitative estimate of drug-likeness (QED) is 0.562. The Morgan fingerprint density at radius 3 is 2.46 bits per heavy atom. The van der Waals surface area contributed by atoms with Crippen LogP contribution in [0, 0.1) is 11.8 Å². The molecule has 2 atom stereocenters. The van der Waals surface area contributed by atoms with Crippen LogP contribution in [0.5, 0.6) is 0 Å². The first kappa shape index (κ1) is 10.6. The number of hydrogen-bond acceptors (Lipinski definition) is 0. The van der Waals surface area contributed by atoms with E-state index in [9.17, 15) is 0 Å². The van der Waals surface area contributed by atoms with Crippen LogP contribution in [0.15, 0.2) is 24.3 Å². The van der Waals surface area contributed by atoms with E-state index in [-0.39, 0.29) is 0 Å². The van der Waals surface area contributed by atoms with Crippen LogP contribution in [0.4, 0.5) is 0 Å². The Kier molecular flexibility index (Phi) is 3.77. The molecule has 2 unspecified atom stereocenters. The van der Waals surface area contributed by atoms with Crippen molar-refractivity contribution in [3.05, 3.63) is 24.3 Å². The minimum atomic E-state index is 0.943. The van der Waals surface area contributed by atoms with Crippen LogP contribution in [0.1, 0.15) is 46.0 Å². The highest BCUT2D eigenvalue weighted by atomic mass is 14.3. The van der Waals surface area contributed by atoms with E-state index >= 15 is 0 Å². The van der Waals surface area contributed by atoms with E-state index in [2.05, 4.69) is 27.0 Å². The Labute approximate surface area is 82.7 Å². The molecule has 0 nitrogen and oxygen atoms in total. The molecule has 0 N–H and O–H groups in total. The van der Waals surface area contributed by atoms with Gasteiger partial charge in [0, 0.05) is 0 Å². The molecule has 0 aromatic carbocycles. The minimum Gasteiger partial charge on any atom is -0.0959 e. The fourth-order valence-corrected chi connectivity index (χ4v) is 2.22. The van der Waals surface area contributed by atoms with Gasteiger partial charge in [0.2, 0.25) is 0 Å². The molecule has 0 bridgehead atoms. The van der Waals surface area contributed by atoms with Gasteiger partial charge in [0.1, 0.15) is 0 Å². The van der Waals surface area contributed by atoms with Crippen molar-refractivity contribution in [1.29, 1.82) is 0 Å². The van der Waals surface area contributed by atoms with Gasteiger partial charge in [-0.1, -0.05) is 50.5 Å². The molecule has 0 heteroatoms. The second kappa shape index (κ2) is 4.64. The summed E-state index contributed by atoms with van der Waals surface area (Å²) >= 11 is 0. The molecule has 0 amide bonds. The topological polar surface area (TPSA) is 0 Å². The van der Waals surface area contributed by atoms with Gasteiger partial charge in [-0.3, -0.25) is 0 Å². The summed E-state index contributed by atoms with van der Waals surface area (Å²) in [6.07, 6.45) is 6.79. The van der Waals surface area contributed by atoms with E-state index in [0.29, 0.717) is 0 Å². The van der Waals surface area contributed by atoms with Crippen molar-refractivity contribution in [3.8, 4) is 0 Å². The third-order valence-electron chi connectivity index (χ3n) is 3.46. The lowest BCUT2D eigenvalue weighted by Gasteiger charge is -2.15. The van der Waals surface area contributed by atoms with Gasteiger partial charge in [0.15, 0.2) is 0 Å². The van der Waals surface area contributed by atoms with E-state index in [1.165, 1.54) is 31.3 Å². The summed E-state index contributed by atoms with van der Waals surface area (Å²) < 4.78 is 0. The summed E-state index contributed by atoms with van der Waals surface area (Å²) in [5.41, 5.74) is 2.41. The molecule has 1 fully saturated rings. The minimum absolute atomic E-state index is 0.943. The Bertz CT molecular complexity index is 200. The van der Waals surface area contributed by atoms with Crippen LogP contribution >= 0.6 is 0 Å². The van der Waals surface area contributed by atoms with E-state index in [1.807, 2.05) is 0 Å². The number of hydrogen-bond donors (Lipinski definition) is 0. The van der Waals surface area contributed by atoms with Crippen LogP contribution < -0.4 is 0 Å². The maximum Gasteiger partial charge on any atom is -0.0280 e. The molecule has 0 aromatic heterocycles. The predicted molar refractivity (Wildman–Crippen MR) is 59.7 cm³/mol. The maximum absolute atomic E-state index is 4.04. The molecule has 0 spiro atoms. The van der Waals surface area contributed by atoms with Gasteiger partial charge in [-0.05, 0) is 31.6 Å². The van der Waals surface area contributed by atoms with E-state index in [0.717, 1.165) is 23.8 Å². The van der Waals surface area contributed by atoms with Crippen LogP contribution in [-0.2, 0) is 0 Å². The highest BCUT2D eigenvalue weighted by molar-refractivity contribution is 5.22. The standard InChI is InChI=1S/C13H22/c1-10(2)11(3)8-9-13-7-5-6-12(13)4/h12-13H,1,3,5-9H2,2,4H3. The Morgan fingerprint density at radius 1 is 1.31 bits per heavy atom. The van der Waals surface area contributed by atoms with Crippen molar-refractivity contribution < 1.29 is 0 Å². The Hall–Kier alpha value is -0.520. The van der Waals surface area contributed by atoms with Crippen molar-refractivity contribution in [3.63, 3.8) is 0 Å². The lowest BCUT2D eigenvalue weighted by atomic mass is 9.90. The zero-order valence-electron chi connectivity index (χ0n) is 9.10. The zero-order chi connectivity index (χ0) is 9.84. The van der Waals surface area contributed by atoms with Crippen molar-refractivity contribution >= 4 is 0 Å². The van der Waals surface area contributed by atoms with Gasteiger partial charge in [-0.25, -0.2) is 0 Å². The summed E-state index contributed by atoms with van der Waals surface area (Å²) in [5, 5.41) is 0. The van der Waals surface area contributed by atoms with Crippen LogP contribution in [0.3, 0.4) is 0 Å². The molecule has 0 aliphatic heterocycles. The van der Waals surface area contributed by atoms with Gasteiger partial charge >= 0.3 is 0 Å². The molecule has 0 radical (unpaired) electrons. The van der Waals surface area contributed by atoms with Crippen molar-refractivity contribution in [2.75, 3.05) is 0 Å². The normalized spacial score (nSPS) is 27.5. The molecule has 0 aromatic rings. The summed E-state index contributed by atoms with van der Waals surface area (Å²) in [6, 6.07) is 0. The monoisotopic (exact) mass is 178 g/mol. The number of allylic oxidation sites excluding steroid dienone is 2. The first-order chi connectivity index (χ1) is 6.11. The fourth-order valence-electron chi connectivity index (χ4n) is 2.22. The fraction of sp³-hybridized carbons (Fsp3) is 0.692. The third kappa shape index (κ3) is 3.02. The summed E-state index contributed by atoms with van der Waals surface area (Å²) in [7, 11) is 0. The Balaban J connectivity index is 2.26. The highest BCUT2D eigenvalue weighted by Crippen LogP contribution is 2.35. The molecule has 0 saturated heterocycles. The van der Waals surface area contributed by atoms with E-state index < -0.39 is 0 Å². The largest absolute Gasteiger partial charge is 0.0959 e. The molecule has 13 heavy (non-hydrogen) atoms. The van der Waals surface area contributed by atoms with E-state index in [1.54, 1.807) is 0 Å². The zero-order valence-corrected chi connectivity index (χ0v) is 9.10. The van der Waals surface area contributed by atoms with Crippen LogP contribution in [0.25, 0.3) is 0 Å². The highest BCUT2D eigenvalue weighted by Gasteiger charge is 2.22. The number of rotatable bonds is 4. The van der Waals surface area contributed by atoms with Gasteiger partial charge in [-0.15, -0.1) is 0 Å². The summed E-state index contributed by atoms with van der Waals surface area (Å²) in [5.74, 6) is 1.90. The lowest BCUT2D eigenvalue weighted by molar-refractivity contribution is 0.392. The summed E-state index contributed by atoms with van der Waals surface area (Å²) in [6.45, 7) is 12.4. The lowest BCUT2D eigenvalue weighted by Crippen LogP contribution is -2.03. The van der Waals surface area contributed by atoms with Crippen molar-refractivity contribution in [2.24, 2.45) is 11.8 Å². The molecule has 0 heterocycles. The van der Waals surface area contributed by atoms with Gasteiger partial charge in [-0.2, -0.15) is 0 Å². The molecule has 1 saturated carbocycles. The van der Waals surface area contributed by atoms with Crippen LogP contribution in [0.2, 0.25) is 0 Å². The van der Waals surface area contributed by atoms with E-state index in [4.69, 9.17) is 0 Å². The first-order valence-electron chi connectivity index (χ1n) is 5.45. The van der Waals surface area contributed by atoms with Gasteiger partial charge in [0.05, 0.1) is 0 Å².